The van der Waals surface area contributed by atoms with Crippen LogP contribution in [0.15, 0.2) is 30.6 Å². The van der Waals surface area contributed by atoms with Crippen LogP contribution in [-0.4, -0.2) is 16.3 Å². The Labute approximate surface area is 99.3 Å². The molecule has 0 saturated carbocycles. The number of benzene rings is 1. The predicted octanol–water partition coefficient (Wildman–Crippen LogP) is 2.70. The number of carbonyl (C=O) groups is 1. The van der Waals surface area contributed by atoms with E-state index < -0.39 is 0 Å². The van der Waals surface area contributed by atoms with Crippen LogP contribution in [0, 0.1) is 13.8 Å². The third kappa shape index (κ3) is 2.87. The van der Waals surface area contributed by atoms with E-state index >= 15 is 0 Å². The van der Waals surface area contributed by atoms with Crippen LogP contribution >= 0.6 is 0 Å². The van der Waals surface area contributed by atoms with E-state index in [9.17, 15) is 4.79 Å². The van der Waals surface area contributed by atoms with Gasteiger partial charge in [0.1, 0.15) is 5.75 Å². The smallest absolute Gasteiger partial charge is 0.321 e. The fourth-order valence-electron chi connectivity index (χ4n) is 1.54. The van der Waals surface area contributed by atoms with Gasteiger partial charge < -0.3 is 4.74 Å². The minimum Gasteiger partial charge on any atom is -0.424 e. The van der Waals surface area contributed by atoms with Crippen LogP contribution < -0.4 is 4.74 Å². The van der Waals surface area contributed by atoms with E-state index in [2.05, 4.69) is 16.0 Å². The quantitative estimate of drug-likeness (QED) is 0.758. The lowest BCUT2D eigenvalue weighted by Crippen LogP contribution is -1.93. The number of hydrogen-bond donors (Lipinski definition) is 0. The zero-order valence-electron chi connectivity index (χ0n) is 9.68. The Kier molecular flexibility index (Phi) is 3.14. The Bertz CT molecular complexity index is 515. The van der Waals surface area contributed by atoms with Crippen LogP contribution in [0.4, 0.5) is 0 Å². The fourth-order valence-corrected chi connectivity index (χ4v) is 1.54. The standard InChI is InChI=1S/C13H12N2O2/c1-9-3-10(2)5-12(4-9)17-13-14-6-11(8-16)7-15-13/h3-8H,1-2H3. The van der Waals surface area contributed by atoms with E-state index in [0.29, 0.717) is 17.6 Å². The molecule has 0 saturated heterocycles. The Morgan fingerprint density at radius 2 is 1.65 bits per heavy atom. The Balaban J connectivity index is 2.21. The molecule has 0 atom stereocenters. The average molecular weight is 228 g/mol. The zero-order valence-corrected chi connectivity index (χ0v) is 9.68. The normalized spacial score (nSPS) is 10.0. The summed E-state index contributed by atoms with van der Waals surface area (Å²) >= 11 is 0. The lowest BCUT2D eigenvalue weighted by atomic mass is 10.1. The Morgan fingerprint density at radius 3 is 2.18 bits per heavy atom. The second kappa shape index (κ2) is 4.74. The molecule has 0 amide bonds. The molecule has 0 spiro atoms. The van der Waals surface area contributed by atoms with E-state index in [1.807, 2.05) is 26.0 Å². The summed E-state index contributed by atoms with van der Waals surface area (Å²) in [5, 5.41) is 0. The molecule has 0 N–H and O–H groups in total. The summed E-state index contributed by atoms with van der Waals surface area (Å²) in [4.78, 5) is 18.3. The molecule has 0 aliphatic heterocycles. The summed E-state index contributed by atoms with van der Waals surface area (Å²) in [7, 11) is 0. The molecule has 86 valence electrons. The van der Waals surface area contributed by atoms with Gasteiger partial charge in [-0.15, -0.1) is 0 Å². The molecule has 1 heterocycles. The third-order valence-corrected chi connectivity index (χ3v) is 2.19. The number of aldehydes is 1. The van der Waals surface area contributed by atoms with Crippen molar-refractivity contribution >= 4 is 6.29 Å². The largest absolute Gasteiger partial charge is 0.424 e. The highest BCUT2D eigenvalue weighted by atomic mass is 16.5. The lowest BCUT2D eigenvalue weighted by molar-refractivity contribution is 0.112. The highest BCUT2D eigenvalue weighted by molar-refractivity contribution is 5.73. The Morgan fingerprint density at radius 1 is 1.06 bits per heavy atom. The SMILES string of the molecule is Cc1cc(C)cc(Oc2ncc(C=O)cn2)c1. The summed E-state index contributed by atoms with van der Waals surface area (Å²) in [5.41, 5.74) is 2.66. The van der Waals surface area contributed by atoms with Crippen LogP contribution in [0.5, 0.6) is 11.8 Å². The molecule has 0 bridgehead atoms. The molecular formula is C13H12N2O2. The lowest BCUT2D eigenvalue weighted by Gasteiger charge is -2.05. The summed E-state index contributed by atoms with van der Waals surface area (Å²) in [6.07, 6.45) is 3.55. The maximum absolute atomic E-state index is 10.4. The second-order valence-electron chi connectivity index (χ2n) is 3.84. The van der Waals surface area contributed by atoms with E-state index in [0.717, 1.165) is 11.1 Å². The molecule has 0 aliphatic rings. The van der Waals surface area contributed by atoms with Crippen molar-refractivity contribution in [2.45, 2.75) is 13.8 Å². The molecule has 1 aromatic heterocycles. The molecule has 0 unspecified atom stereocenters. The van der Waals surface area contributed by atoms with E-state index in [1.165, 1.54) is 12.4 Å². The van der Waals surface area contributed by atoms with Gasteiger partial charge >= 0.3 is 6.01 Å². The minimum atomic E-state index is 0.237. The molecular weight excluding hydrogens is 216 g/mol. The van der Waals surface area contributed by atoms with Crippen LogP contribution in [0.2, 0.25) is 0 Å². The summed E-state index contributed by atoms with van der Waals surface area (Å²) in [5.74, 6) is 0.696. The number of aryl methyl sites for hydroxylation is 2. The van der Waals surface area contributed by atoms with Gasteiger partial charge in [-0.1, -0.05) is 6.07 Å². The number of rotatable bonds is 3. The highest BCUT2D eigenvalue weighted by Gasteiger charge is 2.02. The fraction of sp³-hybridized carbons (Fsp3) is 0.154. The monoisotopic (exact) mass is 228 g/mol. The van der Waals surface area contributed by atoms with Crippen molar-refractivity contribution in [3.8, 4) is 11.8 Å². The number of carbonyl (C=O) groups excluding carboxylic acids is 1. The first-order valence-corrected chi connectivity index (χ1v) is 5.21. The van der Waals surface area contributed by atoms with Gasteiger partial charge in [0.05, 0.1) is 5.56 Å². The summed E-state index contributed by atoms with van der Waals surface area (Å²) < 4.78 is 5.50. The molecule has 2 aromatic rings. The molecule has 1 aromatic carbocycles. The molecule has 0 fully saturated rings. The predicted molar refractivity (Wildman–Crippen MR) is 63.4 cm³/mol. The maximum Gasteiger partial charge on any atom is 0.321 e. The topological polar surface area (TPSA) is 52.1 Å². The van der Waals surface area contributed by atoms with Crippen molar-refractivity contribution in [1.82, 2.24) is 9.97 Å². The van der Waals surface area contributed by atoms with Gasteiger partial charge in [0, 0.05) is 12.4 Å². The average Bonchev–Trinajstić information content (AvgIpc) is 2.28. The van der Waals surface area contributed by atoms with Crippen molar-refractivity contribution in [3.05, 3.63) is 47.3 Å². The van der Waals surface area contributed by atoms with Crippen molar-refractivity contribution in [3.63, 3.8) is 0 Å². The van der Waals surface area contributed by atoms with Gasteiger partial charge in [-0.2, -0.15) is 0 Å². The van der Waals surface area contributed by atoms with Crippen LogP contribution in [-0.2, 0) is 0 Å². The molecule has 4 heteroatoms. The number of hydrogen-bond acceptors (Lipinski definition) is 4. The first-order chi connectivity index (χ1) is 8.17. The van der Waals surface area contributed by atoms with Crippen LogP contribution in [0.25, 0.3) is 0 Å². The molecule has 2 rings (SSSR count). The van der Waals surface area contributed by atoms with Gasteiger partial charge in [0.25, 0.3) is 0 Å². The molecule has 17 heavy (non-hydrogen) atoms. The van der Waals surface area contributed by atoms with Gasteiger partial charge in [0.2, 0.25) is 0 Å². The maximum atomic E-state index is 10.4. The van der Waals surface area contributed by atoms with Crippen LogP contribution in [0.1, 0.15) is 21.5 Å². The number of aromatic nitrogens is 2. The van der Waals surface area contributed by atoms with E-state index in [1.54, 1.807) is 0 Å². The van der Waals surface area contributed by atoms with Crippen molar-refractivity contribution in [2.75, 3.05) is 0 Å². The second-order valence-corrected chi connectivity index (χ2v) is 3.84. The summed E-state index contributed by atoms with van der Waals surface area (Å²) in [6, 6.07) is 6.11. The number of nitrogens with zero attached hydrogens (tertiary/aromatic N) is 2. The van der Waals surface area contributed by atoms with E-state index in [-0.39, 0.29) is 6.01 Å². The minimum absolute atomic E-state index is 0.237. The van der Waals surface area contributed by atoms with Gasteiger partial charge in [-0.05, 0) is 37.1 Å². The zero-order chi connectivity index (χ0) is 12.3. The van der Waals surface area contributed by atoms with Crippen molar-refractivity contribution < 1.29 is 9.53 Å². The molecule has 4 nitrogen and oxygen atoms in total. The van der Waals surface area contributed by atoms with E-state index in [4.69, 9.17) is 4.74 Å². The summed E-state index contributed by atoms with van der Waals surface area (Å²) in [6.45, 7) is 3.99. The van der Waals surface area contributed by atoms with Crippen LogP contribution in [0.3, 0.4) is 0 Å². The Hall–Kier alpha value is -2.23. The first kappa shape index (κ1) is 11.3. The van der Waals surface area contributed by atoms with Gasteiger partial charge in [-0.3, -0.25) is 4.79 Å². The molecule has 0 aliphatic carbocycles. The number of ether oxygens (including phenoxy) is 1. The van der Waals surface area contributed by atoms with Gasteiger partial charge in [0.15, 0.2) is 6.29 Å². The third-order valence-electron chi connectivity index (χ3n) is 2.19. The van der Waals surface area contributed by atoms with Crippen molar-refractivity contribution in [2.24, 2.45) is 0 Å². The van der Waals surface area contributed by atoms with Gasteiger partial charge in [-0.25, -0.2) is 9.97 Å². The molecule has 0 radical (unpaired) electrons. The highest BCUT2D eigenvalue weighted by Crippen LogP contribution is 2.20. The van der Waals surface area contributed by atoms with Crippen molar-refractivity contribution in [1.29, 1.82) is 0 Å². The first-order valence-electron chi connectivity index (χ1n) is 5.21.